The van der Waals surface area contributed by atoms with E-state index in [9.17, 15) is 9.59 Å². The summed E-state index contributed by atoms with van der Waals surface area (Å²) < 4.78 is 12.3. The minimum absolute atomic E-state index is 0.00895. The van der Waals surface area contributed by atoms with Gasteiger partial charge in [0.05, 0.1) is 30.9 Å². The third kappa shape index (κ3) is 3.09. The number of carbonyl (C=O) groups is 1. The van der Waals surface area contributed by atoms with Gasteiger partial charge in [-0.15, -0.1) is 11.3 Å². The highest BCUT2D eigenvalue weighted by Crippen LogP contribution is 2.32. The van der Waals surface area contributed by atoms with Crippen LogP contribution in [0.25, 0.3) is 10.2 Å². The van der Waals surface area contributed by atoms with Gasteiger partial charge >= 0.3 is 0 Å². The SMILES string of the molecule is COCC(=O)N1CCc2c(sc3ncn(CC4CCCO4)c(=O)c23)C1. The lowest BCUT2D eigenvalue weighted by molar-refractivity contribution is -0.136. The van der Waals surface area contributed by atoms with E-state index in [0.717, 1.165) is 40.1 Å². The van der Waals surface area contributed by atoms with Gasteiger partial charge in [-0.2, -0.15) is 0 Å². The molecule has 1 amide bonds. The molecule has 0 aromatic carbocycles. The summed E-state index contributed by atoms with van der Waals surface area (Å²) in [6, 6.07) is 0. The van der Waals surface area contributed by atoms with Crippen molar-refractivity contribution in [2.75, 3.05) is 26.9 Å². The van der Waals surface area contributed by atoms with Crippen molar-refractivity contribution in [1.29, 1.82) is 0 Å². The molecule has 134 valence electrons. The number of aromatic nitrogens is 2. The minimum atomic E-state index is -0.0191. The third-order valence-corrected chi connectivity index (χ3v) is 6.00. The Labute approximate surface area is 149 Å². The van der Waals surface area contributed by atoms with Crippen LogP contribution in [-0.4, -0.2) is 53.3 Å². The van der Waals surface area contributed by atoms with Crippen LogP contribution >= 0.6 is 11.3 Å². The molecule has 0 aliphatic carbocycles. The normalized spacial score (nSPS) is 20.2. The summed E-state index contributed by atoms with van der Waals surface area (Å²) in [5.74, 6) is -0.0191. The largest absolute Gasteiger partial charge is 0.376 e. The van der Waals surface area contributed by atoms with Crippen molar-refractivity contribution in [2.24, 2.45) is 0 Å². The van der Waals surface area contributed by atoms with E-state index in [1.54, 1.807) is 15.8 Å². The number of fused-ring (bicyclic) bond motifs is 3. The number of methoxy groups -OCH3 is 1. The van der Waals surface area contributed by atoms with Crippen LogP contribution in [0.3, 0.4) is 0 Å². The summed E-state index contributed by atoms with van der Waals surface area (Å²) in [5, 5.41) is 0.722. The van der Waals surface area contributed by atoms with Crippen LogP contribution < -0.4 is 5.56 Å². The number of hydrogen-bond acceptors (Lipinski definition) is 6. The number of rotatable bonds is 4. The molecule has 4 rings (SSSR count). The zero-order chi connectivity index (χ0) is 17.4. The summed E-state index contributed by atoms with van der Waals surface area (Å²) >= 11 is 1.51. The van der Waals surface area contributed by atoms with Crippen molar-refractivity contribution in [2.45, 2.75) is 38.5 Å². The van der Waals surface area contributed by atoms with Crippen molar-refractivity contribution in [3.63, 3.8) is 0 Å². The Morgan fingerprint density at radius 1 is 1.52 bits per heavy atom. The van der Waals surface area contributed by atoms with Gasteiger partial charge in [0.15, 0.2) is 0 Å². The quantitative estimate of drug-likeness (QED) is 0.815. The first-order valence-corrected chi connectivity index (χ1v) is 9.37. The second-order valence-electron chi connectivity index (χ2n) is 6.52. The Morgan fingerprint density at radius 3 is 3.16 bits per heavy atom. The lowest BCUT2D eigenvalue weighted by Gasteiger charge is -2.26. The highest BCUT2D eigenvalue weighted by Gasteiger charge is 2.26. The van der Waals surface area contributed by atoms with Gasteiger partial charge in [0.25, 0.3) is 5.56 Å². The third-order valence-electron chi connectivity index (χ3n) is 4.87. The molecule has 0 N–H and O–H groups in total. The number of nitrogens with zero attached hydrogens (tertiary/aromatic N) is 3. The molecule has 7 nitrogen and oxygen atoms in total. The predicted octanol–water partition coefficient (Wildman–Crippen LogP) is 1.17. The molecule has 4 heterocycles. The van der Waals surface area contributed by atoms with Crippen molar-refractivity contribution in [1.82, 2.24) is 14.5 Å². The molecule has 0 bridgehead atoms. The number of amides is 1. The van der Waals surface area contributed by atoms with Gasteiger partial charge in [-0.1, -0.05) is 0 Å². The molecule has 2 aliphatic rings. The number of carbonyl (C=O) groups excluding carboxylic acids is 1. The van der Waals surface area contributed by atoms with Crippen LogP contribution in [0.4, 0.5) is 0 Å². The van der Waals surface area contributed by atoms with E-state index in [4.69, 9.17) is 9.47 Å². The van der Waals surface area contributed by atoms with Gasteiger partial charge < -0.3 is 14.4 Å². The van der Waals surface area contributed by atoms with Gasteiger partial charge in [-0.05, 0) is 24.8 Å². The topological polar surface area (TPSA) is 73.7 Å². The van der Waals surface area contributed by atoms with E-state index in [1.807, 2.05) is 0 Å². The first-order valence-electron chi connectivity index (χ1n) is 8.55. The van der Waals surface area contributed by atoms with Crippen LogP contribution in [0.2, 0.25) is 0 Å². The second kappa shape index (κ2) is 6.86. The fourth-order valence-corrected chi connectivity index (χ4v) is 4.78. The van der Waals surface area contributed by atoms with Crippen molar-refractivity contribution < 1.29 is 14.3 Å². The summed E-state index contributed by atoms with van der Waals surface area (Å²) in [5.41, 5.74) is 1.07. The van der Waals surface area contributed by atoms with Crippen LogP contribution in [0.1, 0.15) is 23.3 Å². The Bertz CT molecular complexity index is 853. The van der Waals surface area contributed by atoms with E-state index >= 15 is 0 Å². The van der Waals surface area contributed by atoms with Gasteiger partial charge in [0, 0.05) is 25.1 Å². The highest BCUT2D eigenvalue weighted by atomic mass is 32.1. The summed E-state index contributed by atoms with van der Waals surface area (Å²) in [7, 11) is 1.52. The van der Waals surface area contributed by atoms with Gasteiger partial charge in [-0.25, -0.2) is 4.98 Å². The maximum absolute atomic E-state index is 12.9. The second-order valence-corrected chi connectivity index (χ2v) is 7.60. The Morgan fingerprint density at radius 2 is 2.40 bits per heavy atom. The highest BCUT2D eigenvalue weighted by molar-refractivity contribution is 7.18. The Balaban J connectivity index is 1.65. The van der Waals surface area contributed by atoms with Gasteiger partial charge in [0.1, 0.15) is 11.4 Å². The summed E-state index contributed by atoms with van der Waals surface area (Å²) in [6.45, 7) is 2.57. The lowest BCUT2D eigenvalue weighted by atomic mass is 10.1. The van der Waals surface area contributed by atoms with Crippen LogP contribution in [0.15, 0.2) is 11.1 Å². The molecule has 25 heavy (non-hydrogen) atoms. The van der Waals surface area contributed by atoms with Crippen molar-refractivity contribution in [3.05, 3.63) is 27.1 Å². The van der Waals surface area contributed by atoms with Crippen molar-refractivity contribution >= 4 is 27.5 Å². The average Bonchev–Trinajstić information content (AvgIpc) is 3.24. The monoisotopic (exact) mass is 363 g/mol. The maximum Gasteiger partial charge on any atom is 0.262 e. The summed E-state index contributed by atoms with van der Waals surface area (Å²) in [6.07, 6.45) is 4.46. The average molecular weight is 363 g/mol. The molecule has 1 atom stereocenters. The standard InChI is InChI=1S/C17H21N3O4S/c1-23-9-14(21)19-5-4-12-13(8-19)25-16-15(12)17(22)20(10-18-16)7-11-3-2-6-24-11/h10-11H,2-9H2,1H3. The minimum Gasteiger partial charge on any atom is -0.376 e. The number of hydrogen-bond donors (Lipinski definition) is 0. The van der Waals surface area contributed by atoms with Gasteiger partial charge in [-0.3, -0.25) is 14.2 Å². The molecule has 0 spiro atoms. The molecular formula is C17H21N3O4S. The zero-order valence-corrected chi connectivity index (χ0v) is 15.0. The molecule has 2 aliphatic heterocycles. The van der Waals surface area contributed by atoms with Crippen LogP contribution in [0, 0.1) is 0 Å². The van der Waals surface area contributed by atoms with E-state index in [-0.39, 0.29) is 24.2 Å². The lowest BCUT2D eigenvalue weighted by Crippen LogP contribution is -2.37. The fraction of sp³-hybridized carbons (Fsp3) is 0.588. The van der Waals surface area contributed by atoms with E-state index in [2.05, 4.69) is 4.98 Å². The number of thiophene rings is 1. The van der Waals surface area contributed by atoms with E-state index < -0.39 is 0 Å². The fourth-order valence-electron chi connectivity index (χ4n) is 3.58. The molecule has 2 aromatic heterocycles. The maximum atomic E-state index is 12.9. The molecule has 0 radical (unpaired) electrons. The van der Waals surface area contributed by atoms with Crippen molar-refractivity contribution in [3.8, 4) is 0 Å². The van der Waals surface area contributed by atoms with Crippen LogP contribution in [-0.2, 0) is 33.8 Å². The molecular weight excluding hydrogens is 342 g/mol. The molecule has 2 aromatic rings. The zero-order valence-electron chi connectivity index (χ0n) is 14.2. The van der Waals surface area contributed by atoms with E-state index in [1.165, 1.54) is 18.4 Å². The molecule has 1 unspecified atom stereocenters. The first kappa shape index (κ1) is 16.7. The van der Waals surface area contributed by atoms with Gasteiger partial charge in [0.2, 0.25) is 5.91 Å². The van der Waals surface area contributed by atoms with Crippen LogP contribution in [0.5, 0.6) is 0 Å². The number of ether oxygens (including phenoxy) is 2. The molecule has 1 fully saturated rings. The molecule has 1 saturated heterocycles. The van der Waals surface area contributed by atoms with E-state index in [0.29, 0.717) is 26.1 Å². The first-order chi connectivity index (χ1) is 12.2. The molecule has 0 saturated carbocycles. The Kier molecular flexibility index (Phi) is 4.58. The smallest absolute Gasteiger partial charge is 0.262 e. The predicted molar refractivity (Wildman–Crippen MR) is 93.9 cm³/mol. The summed E-state index contributed by atoms with van der Waals surface area (Å²) in [4.78, 5) is 33.1. The Hall–Kier alpha value is -1.77. The molecule has 8 heteroatoms.